The van der Waals surface area contributed by atoms with Gasteiger partial charge < -0.3 is 19.1 Å². The van der Waals surface area contributed by atoms with Gasteiger partial charge >= 0.3 is 0 Å². The molecule has 2 aromatic rings. The number of ether oxygens (including phenoxy) is 3. The fraction of sp³-hybridized carbons (Fsp3) is 0.350. The zero-order valence-corrected chi connectivity index (χ0v) is 16.5. The van der Waals surface area contributed by atoms with Crippen molar-refractivity contribution in [2.75, 3.05) is 32.7 Å². The summed E-state index contributed by atoms with van der Waals surface area (Å²) >= 11 is 7.95. The Morgan fingerprint density at radius 2 is 2.04 bits per heavy atom. The van der Waals surface area contributed by atoms with Crippen molar-refractivity contribution in [2.24, 2.45) is 0 Å². The van der Waals surface area contributed by atoms with Crippen molar-refractivity contribution in [3.8, 4) is 17.2 Å². The van der Waals surface area contributed by atoms with Crippen molar-refractivity contribution >= 4 is 29.3 Å². The minimum Gasteiger partial charge on any atom is -0.496 e. The van der Waals surface area contributed by atoms with Crippen LogP contribution in [0, 0.1) is 0 Å². The molecule has 0 aromatic heterocycles. The van der Waals surface area contributed by atoms with Crippen molar-refractivity contribution in [1.29, 1.82) is 0 Å². The molecule has 1 saturated heterocycles. The molecule has 1 unspecified atom stereocenters. The largest absolute Gasteiger partial charge is 0.496 e. The van der Waals surface area contributed by atoms with E-state index in [-0.39, 0.29) is 12.7 Å². The van der Waals surface area contributed by atoms with Crippen LogP contribution >= 0.6 is 23.4 Å². The molecule has 5 nitrogen and oxygen atoms in total. The van der Waals surface area contributed by atoms with Gasteiger partial charge in [-0.3, -0.25) is 4.79 Å². The number of carbonyl (C=O) groups is 1. The van der Waals surface area contributed by atoms with Gasteiger partial charge in [-0.2, -0.15) is 11.8 Å². The summed E-state index contributed by atoms with van der Waals surface area (Å²) < 4.78 is 16.2. The van der Waals surface area contributed by atoms with Gasteiger partial charge in [0.2, 0.25) is 6.79 Å². The average Bonchev–Trinajstić information content (AvgIpc) is 3.02. The van der Waals surface area contributed by atoms with Gasteiger partial charge in [0.1, 0.15) is 5.75 Å². The van der Waals surface area contributed by atoms with E-state index in [0.29, 0.717) is 34.7 Å². The maximum absolute atomic E-state index is 13.0. The molecule has 142 valence electrons. The molecule has 2 aliphatic rings. The maximum atomic E-state index is 13.0. The summed E-state index contributed by atoms with van der Waals surface area (Å²) in [6, 6.07) is 11.2. The first-order valence-electron chi connectivity index (χ1n) is 8.79. The van der Waals surface area contributed by atoms with Gasteiger partial charge in [-0.15, -0.1) is 0 Å². The Kier molecular flexibility index (Phi) is 5.36. The maximum Gasteiger partial charge on any atom is 0.257 e. The molecule has 0 aliphatic carbocycles. The number of thioether (sulfide) groups is 1. The van der Waals surface area contributed by atoms with Crippen molar-refractivity contribution in [1.82, 2.24) is 4.90 Å². The molecule has 7 heteroatoms. The van der Waals surface area contributed by atoms with Crippen molar-refractivity contribution in [3.63, 3.8) is 0 Å². The Balaban J connectivity index is 1.49. The summed E-state index contributed by atoms with van der Waals surface area (Å²) in [5.74, 6) is 2.97. The topological polar surface area (TPSA) is 48.0 Å². The van der Waals surface area contributed by atoms with Gasteiger partial charge in [0.15, 0.2) is 11.5 Å². The third-order valence-electron chi connectivity index (χ3n) is 4.79. The molecule has 4 rings (SSSR count). The average molecular weight is 406 g/mol. The molecule has 0 N–H and O–H groups in total. The lowest BCUT2D eigenvalue weighted by Crippen LogP contribution is -2.33. The lowest BCUT2D eigenvalue weighted by atomic mass is 10.1. The lowest BCUT2D eigenvalue weighted by molar-refractivity contribution is 0.0763. The highest BCUT2D eigenvalue weighted by atomic mass is 35.5. The smallest absolute Gasteiger partial charge is 0.257 e. The van der Waals surface area contributed by atoms with Crippen LogP contribution < -0.4 is 14.2 Å². The van der Waals surface area contributed by atoms with Crippen LogP contribution in [0.25, 0.3) is 0 Å². The number of methoxy groups -OCH3 is 1. The molecule has 27 heavy (non-hydrogen) atoms. The number of carbonyl (C=O) groups excluding carboxylic acids is 1. The van der Waals surface area contributed by atoms with Crippen LogP contribution in [0.1, 0.15) is 27.6 Å². The first-order valence-corrected chi connectivity index (χ1v) is 10.2. The first-order chi connectivity index (χ1) is 13.2. The molecule has 0 radical (unpaired) electrons. The van der Waals surface area contributed by atoms with E-state index in [1.807, 2.05) is 22.7 Å². The fourth-order valence-electron chi connectivity index (χ4n) is 3.37. The van der Waals surface area contributed by atoms with Crippen LogP contribution in [0.15, 0.2) is 36.4 Å². The summed E-state index contributed by atoms with van der Waals surface area (Å²) in [6.45, 7) is 1.65. The van der Waals surface area contributed by atoms with E-state index >= 15 is 0 Å². The zero-order chi connectivity index (χ0) is 18.8. The third-order valence-corrected chi connectivity index (χ3v) is 6.35. The van der Waals surface area contributed by atoms with Gasteiger partial charge in [0, 0.05) is 29.1 Å². The zero-order valence-electron chi connectivity index (χ0n) is 14.9. The Labute approximate surface area is 167 Å². The highest BCUT2D eigenvalue weighted by Gasteiger charge is 2.26. The molecule has 2 heterocycles. The Morgan fingerprint density at radius 3 is 2.89 bits per heavy atom. The van der Waals surface area contributed by atoms with Gasteiger partial charge in [-0.05, 0) is 42.3 Å². The van der Waals surface area contributed by atoms with E-state index in [1.54, 1.807) is 25.3 Å². The molecular weight excluding hydrogens is 386 g/mol. The molecule has 1 amide bonds. The minimum atomic E-state index is -0.0405. The van der Waals surface area contributed by atoms with E-state index in [4.69, 9.17) is 25.8 Å². The summed E-state index contributed by atoms with van der Waals surface area (Å²) in [4.78, 5) is 14.9. The number of halogens is 1. The van der Waals surface area contributed by atoms with Crippen molar-refractivity contribution in [2.45, 2.75) is 11.7 Å². The Bertz CT molecular complexity index is 860. The van der Waals surface area contributed by atoms with E-state index < -0.39 is 0 Å². The van der Waals surface area contributed by atoms with E-state index in [1.165, 1.54) is 5.56 Å². The molecule has 0 bridgehead atoms. The molecule has 2 aliphatic heterocycles. The SMILES string of the molecule is COc1ccc(Cl)cc1C(=O)N1CCSC(c2ccc3c(c2)OCO3)CC1. The molecule has 0 spiro atoms. The van der Waals surface area contributed by atoms with E-state index in [0.717, 1.165) is 23.7 Å². The van der Waals surface area contributed by atoms with Crippen LogP contribution in [0.4, 0.5) is 0 Å². The van der Waals surface area contributed by atoms with Gasteiger partial charge in [0.25, 0.3) is 5.91 Å². The monoisotopic (exact) mass is 405 g/mol. The number of amides is 1. The second-order valence-electron chi connectivity index (χ2n) is 6.40. The van der Waals surface area contributed by atoms with Gasteiger partial charge in [-0.25, -0.2) is 0 Å². The minimum absolute atomic E-state index is 0.0405. The summed E-state index contributed by atoms with van der Waals surface area (Å²) in [7, 11) is 1.56. The highest BCUT2D eigenvalue weighted by molar-refractivity contribution is 7.99. The highest BCUT2D eigenvalue weighted by Crippen LogP contribution is 2.40. The summed E-state index contributed by atoms with van der Waals surface area (Å²) in [5.41, 5.74) is 1.72. The first kappa shape index (κ1) is 18.3. The van der Waals surface area contributed by atoms with Crippen LogP contribution in [0.3, 0.4) is 0 Å². The van der Waals surface area contributed by atoms with Crippen LogP contribution in [0.2, 0.25) is 5.02 Å². The van der Waals surface area contributed by atoms with E-state index in [9.17, 15) is 4.79 Å². The molecule has 2 aromatic carbocycles. The predicted molar refractivity (Wildman–Crippen MR) is 106 cm³/mol. The molecule has 1 fully saturated rings. The summed E-state index contributed by atoms with van der Waals surface area (Å²) in [6.07, 6.45) is 0.874. The predicted octanol–water partition coefficient (Wildman–Crippen LogP) is 4.40. The Morgan fingerprint density at radius 1 is 1.19 bits per heavy atom. The second kappa shape index (κ2) is 7.90. The van der Waals surface area contributed by atoms with Crippen molar-refractivity contribution in [3.05, 3.63) is 52.5 Å². The third kappa shape index (κ3) is 3.82. The number of hydrogen-bond donors (Lipinski definition) is 0. The van der Waals surface area contributed by atoms with E-state index in [2.05, 4.69) is 12.1 Å². The number of hydrogen-bond acceptors (Lipinski definition) is 5. The Hall–Kier alpha value is -2.05. The fourth-order valence-corrected chi connectivity index (χ4v) is 4.76. The second-order valence-corrected chi connectivity index (χ2v) is 8.14. The van der Waals surface area contributed by atoms with Gasteiger partial charge in [-0.1, -0.05) is 17.7 Å². The number of benzene rings is 2. The van der Waals surface area contributed by atoms with Gasteiger partial charge in [0.05, 0.1) is 12.7 Å². The van der Waals surface area contributed by atoms with Crippen LogP contribution in [-0.2, 0) is 0 Å². The quantitative estimate of drug-likeness (QED) is 0.757. The molecule has 0 saturated carbocycles. The molecule has 1 atom stereocenters. The number of fused-ring (bicyclic) bond motifs is 1. The van der Waals surface area contributed by atoms with Crippen LogP contribution in [-0.4, -0.2) is 43.6 Å². The molecular formula is C20H20ClNO4S. The van der Waals surface area contributed by atoms with Crippen LogP contribution in [0.5, 0.6) is 17.2 Å². The number of rotatable bonds is 3. The normalized spacial score (nSPS) is 18.9. The number of nitrogens with zero attached hydrogens (tertiary/aromatic N) is 1. The summed E-state index contributed by atoms with van der Waals surface area (Å²) in [5, 5.41) is 0.847. The standard InChI is InChI=1S/C20H20ClNO4S/c1-24-16-5-3-14(21)11-15(16)20(23)22-7-6-19(27-9-8-22)13-2-4-17-18(10-13)26-12-25-17/h2-5,10-11,19H,6-9,12H2,1H3. The van der Waals surface area contributed by atoms with Crippen molar-refractivity contribution < 1.29 is 19.0 Å². The lowest BCUT2D eigenvalue weighted by Gasteiger charge is -2.21.